The topological polar surface area (TPSA) is 55.1 Å². The van der Waals surface area contributed by atoms with Gasteiger partial charge in [0.1, 0.15) is 11.3 Å². The molecule has 1 aromatic rings. The molecule has 1 aromatic heterocycles. The Morgan fingerprint density at radius 3 is 2.93 bits per heavy atom. The van der Waals surface area contributed by atoms with Gasteiger partial charge in [0, 0.05) is 11.9 Å². The molecule has 0 aliphatic heterocycles. The Morgan fingerprint density at radius 1 is 1.79 bits per heavy atom. The van der Waals surface area contributed by atoms with Crippen LogP contribution in [0, 0.1) is 6.92 Å². The zero-order valence-electron chi connectivity index (χ0n) is 8.21. The monoisotopic (exact) mass is 216 g/mol. The van der Waals surface area contributed by atoms with E-state index in [1.54, 1.807) is 6.92 Å². The summed E-state index contributed by atoms with van der Waals surface area (Å²) in [5.41, 5.74) is 0.466. The van der Waals surface area contributed by atoms with E-state index in [0.717, 1.165) is 6.42 Å². The minimum absolute atomic E-state index is 0.00142. The maximum Gasteiger partial charge on any atom is 0.256 e. The van der Waals surface area contributed by atoms with Crippen LogP contribution in [0.15, 0.2) is 10.7 Å². The zero-order valence-corrected chi connectivity index (χ0v) is 8.97. The molecule has 5 heteroatoms. The van der Waals surface area contributed by atoms with Gasteiger partial charge in [0.2, 0.25) is 0 Å². The minimum Gasteiger partial charge on any atom is -0.361 e. The summed E-state index contributed by atoms with van der Waals surface area (Å²) in [6.07, 6.45) is 2.21. The molecule has 0 aliphatic carbocycles. The quantitative estimate of drug-likeness (QED) is 0.780. The lowest BCUT2D eigenvalue weighted by molar-refractivity contribution is 0.0938. The number of nitrogens with one attached hydrogen (secondary N) is 1. The van der Waals surface area contributed by atoms with Crippen LogP contribution in [-0.4, -0.2) is 23.0 Å². The van der Waals surface area contributed by atoms with Crippen LogP contribution in [0.1, 0.15) is 29.5 Å². The Morgan fingerprint density at radius 2 is 2.50 bits per heavy atom. The van der Waals surface area contributed by atoms with Crippen LogP contribution >= 0.6 is 11.6 Å². The third-order valence-corrected chi connectivity index (χ3v) is 2.38. The van der Waals surface area contributed by atoms with Crippen molar-refractivity contribution in [3.8, 4) is 0 Å². The Bertz CT molecular complexity index is 308. The molecule has 0 aromatic carbocycles. The van der Waals surface area contributed by atoms with Crippen molar-refractivity contribution < 1.29 is 9.32 Å². The summed E-state index contributed by atoms with van der Waals surface area (Å²) in [6, 6.07) is -0.00142. The average molecular weight is 217 g/mol. The van der Waals surface area contributed by atoms with Crippen LogP contribution in [0.2, 0.25) is 0 Å². The van der Waals surface area contributed by atoms with E-state index < -0.39 is 0 Å². The lowest BCUT2D eigenvalue weighted by atomic mass is 10.2. The number of alkyl halides is 1. The number of amides is 1. The number of carbonyl (C=O) groups excluding carboxylic acids is 1. The first kappa shape index (κ1) is 11.0. The van der Waals surface area contributed by atoms with E-state index >= 15 is 0 Å². The number of halogens is 1. The van der Waals surface area contributed by atoms with Gasteiger partial charge >= 0.3 is 0 Å². The van der Waals surface area contributed by atoms with Crippen molar-refractivity contribution in [3.63, 3.8) is 0 Å². The predicted octanol–water partition coefficient (Wildman–Crippen LogP) is 1.73. The molecule has 1 heterocycles. The van der Waals surface area contributed by atoms with Crippen LogP contribution in [0.4, 0.5) is 0 Å². The second-order valence-electron chi connectivity index (χ2n) is 3.03. The SMILES string of the molecule is CCC(CCl)NC(=O)c1cnoc1C. The number of rotatable bonds is 4. The number of aryl methyl sites for hydroxylation is 1. The van der Waals surface area contributed by atoms with Gasteiger partial charge in [-0.15, -0.1) is 11.6 Å². The van der Waals surface area contributed by atoms with E-state index in [1.165, 1.54) is 6.20 Å². The van der Waals surface area contributed by atoms with Gasteiger partial charge in [-0.2, -0.15) is 0 Å². The highest BCUT2D eigenvalue weighted by Crippen LogP contribution is 2.06. The third kappa shape index (κ3) is 2.48. The molecule has 1 unspecified atom stereocenters. The second kappa shape index (κ2) is 5.00. The van der Waals surface area contributed by atoms with Crippen molar-refractivity contribution in [2.24, 2.45) is 0 Å². The molecule has 0 radical (unpaired) electrons. The molecule has 78 valence electrons. The van der Waals surface area contributed by atoms with Gasteiger partial charge in [-0.25, -0.2) is 0 Å². The first-order valence-electron chi connectivity index (χ1n) is 4.47. The van der Waals surface area contributed by atoms with Crippen LogP contribution < -0.4 is 5.32 Å². The molecular weight excluding hydrogens is 204 g/mol. The number of hydrogen-bond donors (Lipinski definition) is 1. The molecule has 0 saturated heterocycles. The molecular formula is C9H13ClN2O2. The van der Waals surface area contributed by atoms with E-state index in [0.29, 0.717) is 17.2 Å². The van der Waals surface area contributed by atoms with Gasteiger partial charge in [-0.05, 0) is 13.3 Å². The molecule has 0 saturated carbocycles. The van der Waals surface area contributed by atoms with Crippen molar-refractivity contribution in [1.82, 2.24) is 10.5 Å². The number of nitrogens with zero attached hydrogens (tertiary/aromatic N) is 1. The highest BCUT2D eigenvalue weighted by atomic mass is 35.5. The summed E-state index contributed by atoms with van der Waals surface area (Å²) in [5, 5.41) is 6.32. The molecule has 1 amide bonds. The summed E-state index contributed by atoms with van der Waals surface area (Å²) in [5.74, 6) is 0.746. The van der Waals surface area contributed by atoms with E-state index in [-0.39, 0.29) is 11.9 Å². The normalized spacial score (nSPS) is 12.5. The number of carbonyl (C=O) groups is 1. The maximum atomic E-state index is 11.6. The second-order valence-corrected chi connectivity index (χ2v) is 3.34. The van der Waals surface area contributed by atoms with Gasteiger partial charge < -0.3 is 9.84 Å². The molecule has 14 heavy (non-hydrogen) atoms. The highest BCUT2D eigenvalue weighted by Gasteiger charge is 2.15. The van der Waals surface area contributed by atoms with Gasteiger partial charge in [0.05, 0.1) is 6.20 Å². The smallest absolute Gasteiger partial charge is 0.256 e. The summed E-state index contributed by atoms with van der Waals surface area (Å²) in [7, 11) is 0. The van der Waals surface area contributed by atoms with Crippen LogP contribution in [0.3, 0.4) is 0 Å². The fourth-order valence-corrected chi connectivity index (χ4v) is 1.32. The van der Waals surface area contributed by atoms with Crippen molar-refractivity contribution in [3.05, 3.63) is 17.5 Å². The van der Waals surface area contributed by atoms with Crippen molar-refractivity contribution >= 4 is 17.5 Å². The standard InChI is InChI=1S/C9H13ClN2O2/c1-3-7(4-10)12-9(13)8-5-11-14-6(8)2/h5,7H,3-4H2,1-2H3,(H,12,13). The third-order valence-electron chi connectivity index (χ3n) is 2.01. The summed E-state index contributed by atoms with van der Waals surface area (Å²) in [6.45, 7) is 3.66. The van der Waals surface area contributed by atoms with Crippen molar-refractivity contribution in [2.75, 3.05) is 5.88 Å². The van der Waals surface area contributed by atoms with Crippen LogP contribution in [0.5, 0.6) is 0 Å². The largest absolute Gasteiger partial charge is 0.361 e. The minimum atomic E-state index is -0.184. The summed E-state index contributed by atoms with van der Waals surface area (Å²) < 4.78 is 4.79. The average Bonchev–Trinajstić information content (AvgIpc) is 2.60. The van der Waals surface area contributed by atoms with Crippen LogP contribution in [0.25, 0.3) is 0 Å². The maximum absolute atomic E-state index is 11.6. The van der Waals surface area contributed by atoms with E-state index in [9.17, 15) is 4.79 Å². The lowest BCUT2D eigenvalue weighted by Gasteiger charge is -2.12. The zero-order chi connectivity index (χ0) is 10.6. The van der Waals surface area contributed by atoms with Crippen molar-refractivity contribution in [2.45, 2.75) is 26.3 Å². The first-order valence-corrected chi connectivity index (χ1v) is 5.00. The number of hydrogen-bond acceptors (Lipinski definition) is 3. The molecule has 0 spiro atoms. The lowest BCUT2D eigenvalue weighted by Crippen LogP contribution is -2.35. The molecule has 0 aliphatic rings. The van der Waals surface area contributed by atoms with Crippen LogP contribution in [-0.2, 0) is 0 Å². The molecule has 0 fully saturated rings. The molecule has 1 N–H and O–H groups in total. The fourth-order valence-electron chi connectivity index (χ4n) is 1.03. The van der Waals surface area contributed by atoms with E-state index in [1.807, 2.05) is 6.92 Å². The highest BCUT2D eigenvalue weighted by molar-refractivity contribution is 6.18. The molecule has 1 rings (SSSR count). The van der Waals surface area contributed by atoms with Gasteiger partial charge in [-0.1, -0.05) is 12.1 Å². The number of aromatic nitrogens is 1. The summed E-state index contributed by atoms with van der Waals surface area (Å²) >= 11 is 5.66. The first-order chi connectivity index (χ1) is 6.69. The molecule has 4 nitrogen and oxygen atoms in total. The summed E-state index contributed by atoms with van der Waals surface area (Å²) in [4.78, 5) is 11.6. The van der Waals surface area contributed by atoms with Gasteiger partial charge in [0.25, 0.3) is 5.91 Å². The Hall–Kier alpha value is -1.03. The van der Waals surface area contributed by atoms with E-state index in [2.05, 4.69) is 10.5 Å². The predicted molar refractivity (Wildman–Crippen MR) is 53.5 cm³/mol. The van der Waals surface area contributed by atoms with Gasteiger partial charge in [0.15, 0.2) is 0 Å². The van der Waals surface area contributed by atoms with Gasteiger partial charge in [-0.3, -0.25) is 4.79 Å². The Balaban J connectivity index is 2.63. The molecule has 1 atom stereocenters. The molecule has 0 bridgehead atoms. The Labute approximate surface area is 87.6 Å². The Kier molecular flexibility index (Phi) is 3.95. The fraction of sp³-hybridized carbons (Fsp3) is 0.556. The van der Waals surface area contributed by atoms with E-state index in [4.69, 9.17) is 16.1 Å². The van der Waals surface area contributed by atoms with Crippen molar-refractivity contribution in [1.29, 1.82) is 0 Å².